The summed E-state index contributed by atoms with van der Waals surface area (Å²) in [5.41, 5.74) is -0.336. The molecular formula is C15H16N2O3S. The maximum absolute atomic E-state index is 12.6. The van der Waals surface area contributed by atoms with E-state index in [0.29, 0.717) is 18.5 Å². The van der Waals surface area contributed by atoms with Gasteiger partial charge in [0.1, 0.15) is 0 Å². The summed E-state index contributed by atoms with van der Waals surface area (Å²) in [6.45, 7) is 2.33. The summed E-state index contributed by atoms with van der Waals surface area (Å²) in [5.74, 6) is -0.761. The number of rotatable bonds is 4. The minimum Gasteiger partial charge on any atom is -0.481 e. The van der Waals surface area contributed by atoms with Crippen molar-refractivity contribution in [3.05, 3.63) is 29.8 Å². The number of carbonyl (C=O) groups excluding carboxylic acids is 1. The summed E-state index contributed by atoms with van der Waals surface area (Å²) < 4.78 is 0. The van der Waals surface area contributed by atoms with E-state index in [1.165, 1.54) is 11.8 Å². The van der Waals surface area contributed by atoms with Gasteiger partial charge in [0.05, 0.1) is 22.8 Å². The minimum atomic E-state index is -0.871. The van der Waals surface area contributed by atoms with Crippen molar-refractivity contribution in [1.82, 2.24) is 4.90 Å². The van der Waals surface area contributed by atoms with Crippen LogP contribution in [0.4, 0.5) is 0 Å². The van der Waals surface area contributed by atoms with Crippen LogP contribution in [0.15, 0.2) is 29.2 Å². The molecule has 1 fully saturated rings. The molecule has 1 aliphatic heterocycles. The zero-order chi connectivity index (χ0) is 15.5. The smallest absolute Gasteiger partial charge is 0.311 e. The van der Waals surface area contributed by atoms with Crippen molar-refractivity contribution >= 4 is 23.6 Å². The molecule has 1 aromatic rings. The van der Waals surface area contributed by atoms with Gasteiger partial charge in [-0.1, -0.05) is 12.1 Å². The highest BCUT2D eigenvalue weighted by Gasteiger charge is 2.42. The number of nitriles is 1. The lowest BCUT2D eigenvalue weighted by Gasteiger charge is -2.21. The molecule has 2 rings (SSSR count). The fourth-order valence-electron chi connectivity index (χ4n) is 2.36. The summed E-state index contributed by atoms with van der Waals surface area (Å²) in [4.78, 5) is 26.2. The number of amides is 1. The van der Waals surface area contributed by atoms with E-state index in [4.69, 9.17) is 5.26 Å². The summed E-state index contributed by atoms with van der Waals surface area (Å²) in [7, 11) is 0. The number of nitrogens with zero attached hydrogens (tertiary/aromatic N) is 2. The lowest BCUT2D eigenvalue weighted by Crippen LogP contribution is -2.35. The molecule has 0 radical (unpaired) electrons. The maximum atomic E-state index is 12.6. The summed E-state index contributed by atoms with van der Waals surface area (Å²) in [5, 5.41) is 17.9. The summed E-state index contributed by atoms with van der Waals surface area (Å²) >= 11 is 1.32. The molecule has 0 bridgehead atoms. The molecule has 5 nitrogen and oxygen atoms in total. The highest BCUT2D eigenvalue weighted by atomic mass is 32.2. The molecule has 1 heterocycles. The quantitative estimate of drug-likeness (QED) is 0.863. The normalized spacial score (nSPS) is 21.0. The molecule has 1 saturated heterocycles. The second kappa shape index (κ2) is 6.19. The second-order valence-electron chi connectivity index (χ2n) is 5.29. The topological polar surface area (TPSA) is 81.4 Å². The Kier molecular flexibility index (Phi) is 4.53. The highest BCUT2D eigenvalue weighted by Crippen LogP contribution is 2.32. The van der Waals surface area contributed by atoms with Crippen molar-refractivity contribution < 1.29 is 14.7 Å². The van der Waals surface area contributed by atoms with Gasteiger partial charge in [0.2, 0.25) is 0 Å². The van der Waals surface area contributed by atoms with E-state index in [0.717, 1.165) is 4.90 Å². The lowest BCUT2D eigenvalue weighted by atomic mass is 9.90. The number of carbonyl (C=O) groups is 2. The van der Waals surface area contributed by atoms with Crippen LogP contribution in [0.1, 0.15) is 23.7 Å². The van der Waals surface area contributed by atoms with Gasteiger partial charge in [-0.25, -0.2) is 0 Å². The summed E-state index contributed by atoms with van der Waals surface area (Å²) in [6.07, 6.45) is 0.460. The third kappa shape index (κ3) is 3.19. The van der Waals surface area contributed by atoms with Gasteiger partial charge in [0, 0.05) is 18.0 Å². The number of thioether (sulfide) groups is 1. The maximum Gasteiger partial charge on any atom is 0.311 e. The number of benzene rings is 1. The molecule has 1 N–H and O–H groups in total. The van der Waals surface area contributed by atoms with Crippen molar-refractivity contribution in [2.24, 2.45) is 5.41 Å². The molecule has 1 atom stereocenters. The average molecular weight is 304 g/mol. The van der Waals surface area contributed by atoms with Gasteiger partial charge in [-0.15, -0.1) is 11.8 Å². The highest BCUT2D eigenvalue weighted by molar-refractivity contribution is 7.99. The number of likely N-dealkylation sites (tertiary alicyclic amines) is 1. The van der Waals surface area contributed by atoms with E-state index in [1.807, 2.05) is 18.2 Å². The Morgan fingerprint density at radius 1 is 1.48 bits per heavy atom. The number of hydrogen-bond donors (Lipinski definition) is 1. The van der Waals surface area contributed by atoms with Gasteiger partial charge in [-0.3, -0.25) is 9.59 Å². The number of carboxylic acid groups (broad SMARTS) is 1. The number of aliphatic carboxylic acids is 1. The van der Waals surface area contributed by atoms with E-state index in [2.05, 4.69) is 0 Å². The molecule has 0 aromatic heterocycles. The van der Waals surface area contributed by atoms with Gasteiger partial charge < -0.3 is 10.0 Å². The Morgan fingerprint density at radius 2 is 2.19 bits per heavy atom. The molecule has 1 aromatic carbocycles. The number of carboxylic acids is 1. The number of hydrogen-bond acceptors (Lipinski definition) is 4. The van der Waals surface area contributed by atoms with E-state index >= 15 is 0 Å². The van der Waals surface area contributed by atoms with Crippen LogP contribution in [-0.2, 0) is 4.79 Å². The fourth-order valence-corrected chi connectivity index (χ4v) is 3.06. The predicted molar refractivity (Wildman–Crippen MR) is 79.0 cm³/mol. The van der Waals surface area contributed by atoms with E-state index in [9.17, 15) is 14.7 Å². The molecule has 1 aliphatic rings. The van der Waals surface area contributed by atoms with Crippen LogP contribution in [0.3, 0.4) is 0 Å². The Balaban J connectivity index is 2.18. The van der Waals surface area contributed by atoms with Crippen molar-refractivity contribution in [3.63, 3.8) is 0 Å². The van der Waals surface area contributed by atoms with E-state index in [1.54, 1.807) is 24.0 Å². The van der Waals surface area contributed by atoms with Crippen LogP contribution in [0, 0.1) is 16.7 Å². The molecule has 1 unspecified atom stereocenters. The first-order chi connectivity index (χ1) is 9.98. The monoisotopic (exact) mass is 304 g/mol. The predicted octanol–water partition coefficient (Wildman–Crippen LogP) is 2.24. The fraction of sp³-hybridized carbons (Fsp3) is 0.400. The van der Waals surface area contributed by atoms with Gasteiger partial charge in [-0.2, -0.15) is 5.26 Å². The van der Waals surface area contributed by atoms with Crippen LogP contribution in [0.5, 0.6) is 0 Å². The van der Waals surface area contributed by atoms with E-state index < -0.39 is 11.4 Å². The minimum absolute atomic E-state index is 0.166. The third-order valence-electron chi connectivity index (χ3n) is 3.69. The molecule has 21 heavy (non-hydrogen) atoms. The van der Waals surface area contributed by atoms with Crippen LogP contribution in [0.2, 0.25) is 0 Å². The standard InChI is InChI=1S/C15H16N2O3S/c1-15(14(19)20)6-8-17(10-15)13(18)11-4-2-3-5-12(11)21-9-7-16/h2-5H,6,8-10H2,1H3,(H,19,20). The van der Waals surface area contributed by atoms with Crippen molar-refractivity contribution in [2.45, 2.75) is 18.2 Å². The van der Waals surface area contributed by atoms with E-state index in [-0.39, 0.29) is 18.2 Å². The molecule has 0 aliphatic carbocycles. The Bertz CT molecular complexity index is 611. The van der Waals surface area contributed by atoms with Crippen molar-refractivity contribution in [1.29, 1.82) is 5.26 Å². The first-order valence-corrected chi connectivity index (χ1v) is 7.58. The Morgan fingerprint density at radius 3 is 2.81 bits per heavy atom. The van der Waals surface area contributed by atoms with Gasteiger partial charge in [-0.05, 0) is 25.5 Å². The second-order valence-corrected chi connectivity index (χ2v) is 6.30. The van der Waals surface area contributed by atoms with Crippen LogP contribution >= 0.6 is 11.8 Å². The van der Waals surface area contributed by atoms with Crippen LogP contribution in [-0.4, -0.2) is 40.7 Å². The zero-order valence-electron chi connectivity index (χ0n) is 11.7. The Labute approximate surface area is 127 Å². The van der Waals surface area contributed by atoms with Crippen molar-refractivity contribution in [3.8, 4) is 6.07 Å². The zero-order valence-corrected chi connectivity index (χ0v) is 12.5. The molecule has 1 amide bonds. The first-order valence-electron chi connectivity index (χ1n) is 6.59. The molecule has 0 saturated carbocycles. The third-order valence-corrected chi connectivity index (χ3v) is 4.63. The van der Waals surface area contributed by atoms with Crippen LogP contribution in [0.25, 0.3) is 0 Å². The largest absolute Gasteiger partial charge is 0.481 e. The summed E-state index contributed by atoms with van der Waals surface area (Å²) in [6, 6.07) is 9.16. The van der Waals surface area contributed by atoms with Crippen molar-refractivity contribution in [2.75, 3.05) is 18.8 Å². The lowest BCUT2D eigenvalue weighted by molar-refractivity contribution is -0.147. The van der Waals surface area contributed by atoms with Gasteiger partial charge in [0.15, 0.2) is 0 Å². The SMILES string of the molecule is CC1(C(=O)O)CCN(C(=O)c2ccccc2SCC#N)C1. The molecular weight excluding hydrogens is 288 g/mol. The molecule has 6 heteroatoms. The Hall–Kier alpha value is -2.00. The molecule has 110 valence electrons. The van der Waals surface area contributed by atoms with Gasteiger partial charge >= 0.3 is 5.97 Å². The molecule has 0 spiro atoms. The first kappa shape index (κ1) is 15.4. The average Bonchev–Trinajstić information content (AvgIpc) is 2.89. The van der Waals surface area contributed by atoms with Gasteiger partial charge in [0.25, 0.3) is 5.91 Å². The van der Waals surface area contributed by atoms with Crippen LogP contribution < -0.4 is 0 Å².